The van der Waals surface area contributed by atoms with Gasteiger partial charge in [0.15, 0.2) is 5.75 Å². The van der Waals surface area contributed by atoms with Gasteiger partial charge in [-0.2, -0.15) is 17.0 Å². The van der Waals surface area contributed by atoms with Crippen LogP contribution in [0.1, 0.15) is 13.3 Å². The fourth-order valence-electron chi connectivity index (χ4n) is 1.08. The van der Waals surface area contributed by atoms with Gasteiger partial charge in [-0.25, -0.2) is 12.7 Å². The summed E-state index contributed by atoms with van der Waals surface area (Å²) in [7, 11) is -1.85. The Morgan fingerprint density at radius 2 is 2.14 bits per heavy atom. The molecular formula is C8H16N2O2S2. The van der Waals surface area contributed by atoms with Crippen molar-refractivity contribution in [2.45, 2.75) is 19.4 Å². The van der Waals surface area contributed by atoms with E-state index in [0.717, 1.165) is 12.2 Å². The van der Waals surface area contributed by atoms with Crippen LogP contribution >= 0.6 is 11.8 Å². The lowest BCUT2D eigenvalue weighted by atomic mass is 10.3. The molecule has 0 saturated heterocycles. The summed E-state index contributed by atoms with van der Waals surface area (Å²) >= 11 is 1.61. The van der Waals surface area contributed by atoms with Gasteiger partial charge in [0.25, 0.3) is 0 Å². The average Bonchev–Trinajstić information content (AvgIpc) is 2.13. The molecule has 0 saturated carbocycles. The van der Waals surface area contributed by atoms with E-state index in [1.54, 1.807) is 17.8 Å². The summed E-state index contributed by atoms with van der Waals surface area (Å²) in [4.78, 5) is 0. The number of thioether (sulfide) groups is 1. The van der Waals surface area contributed by atoms with Gasteiger partial charge in [-0.3, -0.25) is 0 Å². The lowest BCUT2D eigenvalue weighted by Crippen LogP contribution is -2.39. The van der Waals surface area contributed by atoms with Gasteiger partial charge < -0.3 is 0 Å². The van der Waals surface area contributed by atoms with Gasteiger partial charge in [-0.1, -0.05) is 6.92 Å². The summed E-state index contributed by atoms with van der Waals surface area (Å²) in [6, 6.07) is 1.66. The normalized spacial score (nSPS) is 13.9. The Labute approximate surface area is 90.3 Å². The lowest BCUT2D eigenvalue weighted by Gasteiger charge is -2.24. The number of hydrogen-bond donors (Lipinski definition) is 0. The van der Waals surface area contributed by atoms with Crippen LogP contribution in [-0.4, -0.2) is 43.6 Å². The molecule has 0 aromatic rings. The summed E-state index contributed by atoms with van der Waals surface area (Å²) in [6.45, 7) is 1.94. The number of nitrogens with zero attached hydrogens (tertiary/aromatic N) is 2. The van der Waals surface area contributed by atoms with Crippen molar-refractivity contribution in [1.82, 2.24) is 4.31 Å². The zero-order valence-electron chi connectivity index (χ0n) is 8.73. The minimum atomic E-state index is -3.38. The van der Waals surface area contributed by atoms with Crippen molar-refractivity contribution in [1.29, 1.82) is 5.26 Å². The molecule has 0 radical (unpaired) electrons. The van der Waals surface area contributed by atoms with E-state index in [2.05, 4.69) is 0 Å². The van der Waals surface area contributed by atoms with Crippen molar-refractivity contribution in [3.63, 3.8) is 0 Å². The Morgan fingerprint density at radius 3 is 2.50 bits per heavy atom. The Kier molecular flexibility index (Phi) is 6.16. The second-order valence-electron chi connectivity index (χ2n) is 2.95. The van der Waals surface area contributed by atoms with Gasteiger partial charge in [0.05, 0.1) is 6.07 Å². The van der Waals surface area contributed by atoms with Crippen molar-refractivity contribution in [2.75, 3.05) is 24.8 Å². The molecule has 0 aromatic carbocycles. The molecule has 0 fully saturated rings. The highest BCUT2D eigenvalue weighted by Gasteiger charge is 2.24. The van der Waals surface area contributed by atoms with Crippen LogP contribution in [0.2, 0.25) is 0 Å². The van der Waals surface area contributed by atoms with E-state index in [-0.39, 0.29) is 6.04 Å². The molecule has 1 atom stereocenters. The van der Waals surface area contributed by atoms with E-state index in [4.69, 9.17) is 5.26 Å². The van der Waals surface area contributed by atoms with Crippen molar-refractivity contribution in [3.05, 3.63) is 0 Å². The third-order valence-corrected chi connectivity index (χ3v) is 4.42. The smallest absolute Gasteiger partial charge is 0.211 e. The molecule has 4 nitrogen and oxygen atoms in total. The molecule has 0 heterocycles. The highest BCUT2D eigenvalue weighted by molar-refractivity contribution is 7.98. The molecule has 1 unspecified atom stereocenters. The van der Waals surface area contributed by atoms with E-state index in [0.29, 0.717) is 0 Å². The molecule has 14 heavy (non-hydrogen) atoms. The Morgan fingerprint density at radius 1 is 1.57 bits per heavy atom. The van der Waals surface area contributed by atoms with Crippen molar-refractivity contribution in [3.8, 4) is 6.07 Å². The molecule has 0 aliphatic rings. The fourth-order valence-corrected chi connectivity index (χ4v) is 3.07. The molecule has 0 N–H and O–H groups in total. The summed E-state index contributed by atoms with van der Waals surface area (Å²) in [5.41, 5.74) is 0. The summed E-state index contributed by atoms with van der Waals surface area (Å²) in [5.74, 6) is 0.325. The van der Waals surface area contributed by atoms with E-state index < -0.39 is 15.8 Å². The van der Waals surface area contributed by atoms with Crippen LogP contribution in [0, 0.1) is 11.3 Å². The van der Waals surface area contributed by atoms with Gasteiger partial charge in [-0.05, 0) is 12.7 Å². The molecule has 0 rings (SSSR count). The number of hydrogen-bond acceptors (Lipinski definition) is 4. The minimum Gasteiger partial charge on any atom is -0.211 e. The molecule has 0 amide bonds. The lowest BCUT2D eigenvalue weighted by molar-refractivity contribution is 0.387. The first-order valence-corrected chi connectivity index (χ1v) is 7.31. The second-order valence-corrected chi connectivity index (χ2v) is 5.89. The van der Waals surface area contributed by atoms with Crippen LogP contribution in [0.15, 0.2) is 0 Å². The van der Waals surface area contributed by atoms with Crippen LogP contribution in [0.4, 0.5) is 0 Å². The molecule has 82 valence electrons. The minimum absolute atomic E-state index is 0.0108. The Hall–Kier alpha value is -0.250. The van der Waals surface area contributed by atoms with Crippen LogP contribution < -0.4 is 0 Å². The zero-order chi connectivity index (χ0) is 11.2. The quantitative estimate of drug-likeness (QED) is 0.688. The number of nitriles is 1. The predicted molar refractivity (Wildman–Crippen MR) is 59.6 cm³/mol. The van der Waals surface area contributed by atoms with E-state index in [1.807, 2.05) is 13.2 Å². The van der Waals surface area contributed by atoms with Crippen LogP contribution in [-0.2, 0) is 10.0 Å². The first kappa shape index (κ1) is 13.8. The Bertz CT molecular complexity index is 295. The van der Waals surface area contributed by atoms with Crippen LogP contribution in [0.3, 0.4) is 0 Å². The highest BCUT2D eigenvalue weighted by Crippen LogP contribution is 2.12. The zero-order valence-corrected chi connectivity index (χ0v) is 10.4. The van der Waals surface area contributed by atoms with Crippen LogP contribution in [0.5, 0.6) is 0 Å². The van der Waals surface area contributed by atoms with Crippen molar-refractivity contribution >= 4 is 21.8 Å². The third-order valence-electron chi connectivity index (χ3n) is 2.03. The summed E-state index contributed by atoms with van der Waals surface area (Å²) < 4.78 is 24.3. The molecule has 0 spiro atoms. The average molecular weight is 236 g/mol. The topological polar surface area (TPSA) is 61.2 Å². The monoisotopic (exact) mass is 236 g/mol. The summed E-state index contributed by atoms with van der Waals surface area (Å²) in [6.07, 6.45) is 2.70. The van der Waals surface area contributed by atoms with Gasteiger partial charge >= 0.3 is 0 Å². The highest BCUT2D eigenvalue weighted by atomic mass is 32.2. The molecule has 6 heteroatoms. The second kappa shape index (κ2) is 6.27. The standard InChI is InChI=1S/C8H16N2O2S2/c1-4-8(7-13-3)10(2)14(11,12)6-5-9/h8H,4,6-7H2,1-3H3. The first-order valence-electron chi connectivity index (χ1n) is 4.31. The van der Waals surface area contributed by atoms with Crippen molar-refractivity contribution < 1.29 is 8.42 Å². The Balaban J connectivity index is 4.57. The predicted octanol–water partition coefficient (Wildman–Crippen LogP) is 0.913. The largest absolute Gasteiger partial charge is 0.227 e. The maximum atomic E-state index is 11.5. The van der Waals surface area contributed by atoms with E-state index in [1.165, 1.54) is 11.4 Å². The fraction of sp³-hybridized carbons (Fsp3) is 0.875. The molecular weight excluding hydrogens is 220 g/mol. The molecule has 0 aliphatic carbocycles. The molecule has 0 aromatic heterocycles. The van der Waals surface area contributed by atoms with Crippen LogP contribution in [0.25, 0.3) is 0 Å². The molecule has 0 bridgehead atoms. The van der Waals surface area contributed by atoms with Gasteiger partial charge in [0.1, 0.15) is 0 Å². The number of rotatable bonds is 6. The first-order chi connectivity index (χ1) is 6.49. The number of sulfonamides is 1. The van der Waals surface area contributed by atoms with Gasteiger partial charge in [0, 0.05) is 18.8 Å². The molecule has 0 aliphatic heterocycles. The van der Waals surface area contributed by atoms with Crippen molar-refractivity contribution in [2.24, 2.45) is 0 Å². The maximum Gasteiger partial charge on any atom is 0.227 e. The maximum absolute atomic E-state index is 11.5. The SMILES string of the molecule is CCC(CSC)N(C)S(=O)(=O)CC#N. The van der Waals surface area contributed by atoms with Gasteiger partial charge in [0.2, 0.25) is 10.0 Å². The van der Waals surface area contributed by atoms with E-state index >= 15 is 0 Å². The van der Waals surface area contributed by atoms with E-state index in [9.17, 15) is 8.42 Å². The van der Waals surface area contributed by atoms with Gasteiger partial charge in [-0.15, -0.1) is 0 Å². The summed E-state index contributed by atoms with van der Waals surface area (Å²) in [5, 5.41) is 8.37. The third kappa shape index (κ3) is 3.86.